The first-order chi connectivity index (χ1) is 14.7. The van der Waals surface area contributed by atoms with Gasteiger partial charge in [-0.2, -0.15) is 0 Å². The van der Waals surface area contributed by atoms with Gasteiger partial charge in [0, 0.05) is 32.2 Å². The van der Waals surface area contributed by atoms with E-state index in [2.05, 4.69) is 33.7 Å². The molecular weight excluding hydrogens is 378 g/mol. The number of ether oxygens (including phenoxy) is 1. The van der Waals surface area contributed by atoms with Crippen molar-refractivity contribution in [2.45, 2.75) is 103 Å². The third kappa shape index (κ3) is 22.3. The zero-order valence-corrected chi connectivity index (χ0v) is 18.9. The highest BCUT2D eigenvalue weighted by atomic mass is 16.5. The topological polar surface area (TPSA) is 75.6 Å². The number of nitrogens with one attached hydrogen (secondary N) is 1. The highest BCUT2D eigenvalue weighted by Gasteiger charge is 2.00. The van der Waals surface area contributed by atoms with E-state index in [1.165, 1.54) is 39.2 Å². The fraction of sp³-hybridized carbons (Fsp3) is 0.760. The highest BCUT2D eigenvalue weighted by Crippen LogP contribution is 2.09. The van der Waals surface area contributed by atoms with Crippen molar-refractivity contribution in [2.24, 2.45) is 0 Å². The molecule has 0 saturated heterocycles. The van der Waals surface area contributed by atoms with E-state index in [1.54, 1.807) is 0 Å². The van der Waals surface area contributed by atoms with Crippen LogP contribution < -0.4 is 5.32 Å². The van der Waals surface area contributed by atoms with Crippen LogP contribution >= 0.6 is 0 Å². The van der Waals surface area contributed by atoms with E-state index >= 15 is 0 Å². The molecule has 0 fully saturated rings. The van der Waals surface area contributed by atoms with E-state index in [1.807, 2.05) is 0 Å². The summed E-state index contributed by atoms with van der Waals surface area (Å²) in [7, 11) is 1.44. The second kappa shape index (κ2) is 23.3. The Morgan fingerprint density at radius 3 is 1.70 bits per heavy atom. The standard InChI is InChI=1S/C25H41NO4/c1-30-25(29)21-19-17-15-13-11-9-7-5-3-2-4-6-8-10-12-14-16-18-20-24(28)26-22-23-27/h27H,6-23H2,1H3,(H,26,28). The van der Waals surface area contributed by atoms with Gasteiger partial charge in [0.15, 0.2) is 0 Å². The van der Waals surface area contributed by atoms with E-state index in [4.69, 9.17) is 5.11 Å². The number of hydrogen-bond donors (Lipinski definition) is 2. The molecule has 0 rings (SSSR count). The number of carbonyl (C=O) groups excluding carboxylic acids is 2. The van der Waals surface area contributed by atoms with E-state index in [-0.39, 0.29) is 18.5 Å². The Hall–Kier alpha value is -1.98. The summed E-state index contributed by atoms with van der Waals surface area (Å²) in [5.74, 6) is 12.1. The van der Waals surface area contributed by atoms with Crippen LogP contribution in [0.3, 0.4) is 0 Å². The lowest BCUT2D eigenvalue weighted by molar-refractivity contribution is -0.140. The normalized spacial score (nSPS) is 9.80. The summed E-state index contributed by atoms with van der Waals surface area (Å²) >= 11 is 0. The molecule has 0 aromatic heterocycles. The predicted octanol–water partition coefficient (Wildman–Crippen LogP) is 4.52. The zero-order chi connectivity index (χ0) is 22.1. The smallest absolute Gasteiger partial charge is 0.305 e. The first-order valence-electron chi connectivity index (χ1n) is 11.6. The molecule has 0 aliphatic heterocycles. The van der Waals surface area contributed by atoms with Gasteiger partial charge in [0.05, 0.1) is 13.7 Å². The summed E-state index contributed by atoms with van der Waals surface area (Å²) in [4.78, 5) is 22.3. The van der Waals surface area contributed by atoms with Crippen LogP contribution in [0, 0.1) is 23.7 Å². The summed E-state index contributed by atoms with van der Waals surface area (Å²) in [5, 5.41) is 11.3. The van der Waals surface area contributed by atoms with Gasteiger partial charge >= 0.3 is 5.97 Å². The molecule has 0 aliphatic rings. The summed E-state index contributed by atoms with van der Waals surface area (Å²) in [6, 6.07) is 0. The van der Waals surface area contributed by atoms with Crippen molar-refractivity contribution >= 4 is 11.9 Å². The van der Waals surface area contributed by atoms with Gasteiger partial charge in [-0.25, -0.2) is 0 Å². The largest absolute Gasteiger partial charge is 0.469 e. The van der Waals surface area contributed by atoms with Crippen molar-refractivity contribution in [1.29, 1.82) is 0 Å². The van der Waals surface area contributed by atoms with Crippen molar-refractivity contribution in [3.8, 4) is 23.7 Å². The maximum absolute atomic E-state index is 11.4. The molecule has 0 atom stereocenters. The average Bonchev–Trinajstić information content (AvgIpc) is 2.76. The molecule has 0 saturated carbocycles. The summed E-state index contributed by atoms with van der Waals surface area (Å²) in [6.07, 6.45) is 16.2. The molecular formula is C25H41NO4. The Morgan fingerprint density at radius 2 is 1.20 bits per heavy atom. The average molecular weight is 420 g/mol. The predicted molar refractivity (Wildman–Crippen MR) is 122 cm³/mol. The van der Waals surface area contributed by atoms with E-state index in [0.29, 0.717) is 19.4 Å². The minimum atomic E-state index is -0.111. The number of methoxy groups -OCH3 is 1. The van der Waals surface area contributed by atoms with Crippen LogP contribution in [0.5, 0.6) is 0 Å². The van der Waals surface area contributed by atoms with E-state index < -0.39 is 0 Å². The first kappa shape index (κ1) is 28.0. The quantitative estimate of drug-likeness (QED) is 0.195. The minimum absolute atomic E-state index is 0.00206. The zero-order valence-electron chi connectivity index (χ0n) is 18.9. The van der Waals surface area contributed by atoms with Crippen LogP contribution in [-0.4, -0.2) is 37.2 Å². The molecule has 0 bridgehead atoms. The Kier molecular flexibility index (Phi) is 21.8. The molecule has 0 heterocycles. The molecule has 1 amide bonds. The van der Waals surface area contributed by atoms with Gasteiger partial charge in [-0.15, -0.1) is 0 Å². The Morgan fingerprint density at radius 1 is 0.733 bits per heavy atom. The van der Waals surface area contributed by atoms with E-state index in [0.717, 1.165) is 57.8 Å². The number of hydrogen-bond acceptors (Lipinski definition) is 4. The Balaban J connectivity index is 3.33. The van der Waals surface area contributed by atoms with Crippen molar-refractivity contribution in [3.63, 3.8) is 0 Å². The third-order valence-electron chi connectivity index (χ3n) is 4.79. The summed E-state index contributed by atoms with van der Waals surface area (Å²) in [5.41, 5.74) is 0. The molecule has 0 unspecified atom stereocenters. The SMILES string of the molecule is COC(=O)CCCCCCCCC#CC#CCCCCCCCCC(=O)NCCO. The third-order valence-corrected chi connectivity index (χ3v) is 4.79. The van der Waals surface area contributed by atoms with Gasteiger partial charge in [-0.3, -0.25) is 9.59 Å². The second-order valence-corrected chi connectivity index (χ2v) is 7.50. The van der Waals surface area contributed by atoms with Gasteiger partial charge in [-0.05, 0) is 37.5 Å². The number of aliphatic hydroxyl groups excluding tert-OH is 1. The van der Waals surface area contributed by atoms with Crippen molar-refractivity contribution in [2.75, 3.05) is 20.3 Å². The maximum Gasteiger partial charge on any atom is 0.305 e. The molecule has 0 aromatic carbocycles. The van der Waals surface area contributed by atoms with E-state index in [9.17, 15) is 9.59 Å². The van der Waals surface area contributed by atoms with Crippen LogP contribution in [0.25, 0.3) is 0 Å². The number of carbonyl (C=O) groups is 2. The highest BCUT2D eigenvalue weighted by molar-refractivity contribution is 5.75. The molecule has 2 N–H and O–H groups in total. The minimum Gasteiger partial charge on any atom is -0.469 e. The second-order valence-electron chi connectivity index (χ2n) is 7.50. The molecule has 5 nitrogen and oxygen atoms in total. The molecule has 5 heteroatoms. The van der Waals surface area contributed by atoms with Gasteiger partial charge in [0.25, 0.3) is 0 Å². The molecule has 0 radical (unpaired) electrons. The molecule has 170 valence electrons. The molecule has 0 aliphatic carbocycles. The number of amides is 1. The Bertz CT molecular complexity index is 551. The van der Waals surface area contributed by atoms with Crippen LogP contribution in [0.15, 0.2) is 0 Å². The summed E-state index contributed by atoms with van der Waals surface area (Å²) in [6.45, 7) is 0.354. The lowest BCUT2D eigenvalue weighted by Gasteiger charge is -2.03. The lowest BCUT2D eigenvalue weighted by atomic mass is 10.1. The lowest BCUT2D eigenvalue weighted by Crippen LogP contribution is -2.25. The van der Waals surface area contributed by atoms with Crippen molar-refractivity contribution < 1.29 is 19.4 Å². The molecule has 30 heavy (non-hydrogen) atoms. The summed E-state index contributed by atoms with van der Waals surface area (Å²) < 4.78 is 4.62. The van der Waals surface area contributed by atoms with Gasteiger partial charge < -0.3 is 15.2 Å². The maximum atomic E-state index is 11.4. The first-order valence-corrected chi connectivity index (χ1v) is 11.6. The van der Waals surface area contributed by atoms with Gasteiger partial charge in [-0.1, -0.05) is 63.2 Å². The van der Waals surface area contributed by atoms with Crippen molar-refractivity contribution in [3.05, 3.63) is 0 Å². The fourth-order valence-corrected chi connectivity index (χ4v) is 3.00. The number of unbranched alkanes of at least 4 members (excludes halogenated alkanes) is 12. The van der Waals surface area contributed by atoms with Crippen molar-refractivity contribution in [1.82, 2.24) is 5.32 Å². The van der Waals surface area contributed by atoms with Crippen LogP contribution in [0.1, 0.15) is 103 Å². The monoisotopic (exact) mass is 419 g/mol. The van der Waals surface area contributed by atoms with Crippen LogP contribution in [-0.2, 0) is 14.3 Å². The fourth-order valence-electron chi connectivity index (χ4n) is 3.00. The molecule has 0 aromatic rings. The number of esters is 1. The number of rotatable bonds is 18. The Labute approximate surface area is 183 Å². The molecule has 0 spiro atoms. The van der Waals surface area contributed by atoms with Gasteiger partial charge in [0.2, 0.25) is 5.91 Å². The van der Waals surface area contributed by atoms with Gasteiger partial charge in [0.1, 0.15) is 0 Å². The number of aliphatic hydroxyl groups is 1. The van der Waals surface area contributed by atoms with Crippen LogP contribution in [0.2, 0.25) is 0 Å². The van der Waals surface area contributed by atoms with Crippen LogP contribution in [0.4, 0.5) is 0 Å².